The van der Waals surface area contributed by atoms with E-state index in [0.717, 1.165) is 0 Å². The highest BCUT2D eigenvalue weighted by Gasteiger charge is 2.30. The van der Waals surface area contributed by atoms with Crippen LogP contribution < -0.4 is 10.1 Å². The van der Waals surface area contributed by atoms with Gasteiger partial charge in [0.25, 0.3) is 0 Å². The fraction of sp³-hybridized carbons (Fsp3) is 0.588. The largest absolute Gasteiger partial charge is 0.492 e. The number of carbonyl (C=O) groups excluding carboxylic acids is 1. The number of piperidine rings is 1. The highest BCUT2D eigenvalue weighted by Crippen LogP contribution is 2.26. The Bertz CT molecular complexity index is 652. The normalized spacial score (nSPS) is 16.8. The van der Waals surface area contributed by atoms with Crippen LogP contribution in [0.3, 0.4) is 0 Å². The zero-order valence-electron chi connectivity index (χ0n) is 14.3. The first-order chi connectivity index (χ1) is 11.5. The van der Waals surface area contributed by atoms with Crippen LogP contribution in [0.4, 0.5) is 5.69 Å². The van der Waals surface area contributed by atoms with E-state index in [9.17, 15) is 13.2 Å². The summed E-state index contributed by atoms with van der Waals surface area (Å²) in [7, 11) is -3.17. The van der Waals surface area contributed by atoms with Crippen LogP contribution in [-0.2, 0) is 14.8 Å². The van der Waals surface area contributed by atoms with E-state index in [2.05, 4.69) is 5.32 Å². The fourth-order valence-corrected chi connectivity index (χ4v) is 4.41. The minimum absolute atomic E-state index is 0.0744. The summed E-state index contributed by atoms with van der Waals surface area (Å²) in [5.74, 6) is 0.574. The second-order valence-corrected chi connectivity index (χ2v) is 8.00. The molecule has 0 spiro atoms. The van der Waals surface area contributed by atoms with Gasteiger partial charge in [0, 0.05) is 19.0 Å². The van der Waals surface area contributed by atoms with Gasteiger partial charge in [0.2, 0.25) is 15.9 Å². The quantitative estimate of drug-likeness (QED) is 0.816. The number of para-hydroxylation sites is 2. The molecular weight excluding hydrogens is 328 g/mol. The molecule has 0 radical (unpaired) electrons. The summed E-state index contributed by atoms with van der Waals surface area (Å²) in [6, 6.07) is 7.33. The number of carbonyl (C=O) groups is 1. The van der Waals surface area contributed by atoms with Crippen molar-refractivity contribution in [2.75, 3.05) is 30.8 Å². The maximum absolute atomic E-state index is 12.5. The minimum atomic E-state index is -3.17. The number of nitrogens with one attached hydrogen (secondary N) is 1. The van der Waals surface area contributed by atoms with Crippen LogP contribution in [-0.4, -0.2) is 44.1 Å². The van der Waals surface area contributed by atoms with Crippen molar-refractivity contribution >= 4 is 21.6 Å². The Morgan fingerprint density at radius 1 is 1.25 bits per heavy atom. The maximum Gasteiger partial charge on any atom is 0.227 e. The second kappa shape index (κ2) is 8.48. The number of benzene rings is 1. The average Bonchev–Trinajstić information content (AvgIpc) is 2.57. The molecule has 134 valence electrons. The van der Waals surface area contributed by atoms with Gasteiger partial charge in [-0.2, -0.15) is 0 Å². The molecular formula is C17H26N2O4S. The van der Waals surface area contributed by atoms with E-state index in [4.69, 9.17) is 4.74 Å². The van der Waals surface area contributed by atoms with Crippen molar-refractivity contribution in [2.45, 2.75) is 33.1 Å². The number of ether oxygens (including phenoxy) is 1. The first-order valence-electron chi connectivity index (χ1n) is 8.48. The SMILES string of the molecule is CCCS(=O)(=O)N1CCC(C(=O)Nc2ccccc2OCC)CC1. The summed E-state index contributed by atoms with van der Waals surface area (Å²) in [6.45, 7) is 5.10. The summed E-state index contributed by atoms with van der Waals surface area (Å²) in [4.78, 5) is 12.5. The monoisotopic (exact) mass is 354 g/mol. The molecule has 0 saturated carbocycles. The van der Waals surface area contributed by atoms with E-state index in [1.54, 1.807) is 0 Å². The highest BCUT2D eigenvalue weighted by atomic mass is 32.2. The highest BCUT2D eigenvalue weighted by molar-refractivity contribution is 7.89. The van der Waals surface area contributed by atoms with Crippen LogP contribution in [0.5, 0.6) is 5.75 Å². The van der Waals surface area contributed by atoms with Crippen LogP contribution >= 0.6 is 0 Å². The molecule has 1 aliphatic heterocycles. The van der Waals surface area contributed by atoms with E-state index in [1.807, 2.05) is 38.1 Å². The van der Waals surface area contributed by atoms with Crippen molar-refractivity contribution in [1.82, 2.24) is 4.31 Å². The van der Waals surface area contributed by atoms with Gasteiger partial charge in [-0.1, -0.05) is 19.1 Å². The van der Waals surface area contributed by atoms with Gasteiger partial charge < -0.3 is 10.1 Å². The van der Waals surface area contributed by atoms with Crippen molar-refractivity contribution < 1.29 is 17.9 Å². The van der Waals surface area contributed by atoms with Crippen molar-refractivity contribution in [2.24, 2.45) is 5.92 Å². The number of hydrogen-bond donors (Lipinski definition) is 1. The molecule has 6 nitrogen and oxygen atoms in total. The zero-order chi connectivity index (χ0) is 17.6. The summed E-state index contributed by atoms with van der Waals surface area (Å²) < 4.78 is 31.2. The molecule has 1 N–H and O–H groups in total. The van der Waals surface area contributed by atoms with E-state index < -0.39 is 10.0 Å². The molecule has 1 amide bonds. The van der Waals surface area contributed by atoms with Crippen molar-refractivity contribution in [3.8, 4) is 5.75 Å². The first-order valence-corrected chi connectivity index (χ1v) is 10.1. The number of amides is 1. The van der Waals surface area contributed by atoms with E-state index in [0.29, 0.717) is 50.4 Å². The van der Waals surface area contributed by atoms with Crippen LogP contribution in [0, 0.1) is 5.92 Å². The van der Waals surface area contributed by atoms with Crippen LogP contribution in [0.25, 0.3) is 0 Å². The number of anilines is 1. The molecule has 2 rings (SSSR count). The van der Waals surface area contributed by atoms with Crippen molar-refractivity contribution in [3.05, 3.63) is 24.3 Å². The third-order valence-corrected chi connectivity index (χ3v) is 6.20. The van der Waals surface area contributed by atoms with E-state index >= 15 is 0 Å². The van der Waals surface area contributed by atoms with Gasteiger partial charge in [0.1, 0.15) is 5.75 Å². The third kappa shape index (κ3) is 4.70. The Morgan fingerprint density at radius 2 is 1.92 bits per heavy atom. The molecule has 1 heterocycles. The summed E-state index contributed by atoms with van der Waals surface area (Å²) in [6.07, 6.45) is 1.70. The maximum atomic E-state index is 12.5. The van der Waals surface area contributed by atoms with Gasteiger partial charge in [-0.05, 0) is 38.3 Å². The molecule has 0 unspecified atom stereocenters. The molecule has 0 atom stereocenters. The molecule has 1 aromatic carbocycles. The standard InChI is InChI=1S/C17H26N2O4S/c1-3-13-24(21,22)19-11-9-14(10-12-19)17(20)18-15-7-5-6-8-16(15)23-4-2/h5-8,14H,3-4,9-13H2,1-2H3,(H,18,20). The molecule has 1 saturated heterocycles. The molecule has 0 aliphatic carbocycles. The Kier molecular flexibility index (Phi) is 6.62. The summed E-state index contributed by atoms with van der Waals surface area (Å²) >= 11 is 0. The van der Waals surface area contributed by atoms with Gasteiger partial charge in [0.15, 0.2) is 0 Å². The number of hydrogen-bond acceptors (Lipinski definition) is 4. The van der Waals surface area contributed by atoms with Gasteiger partial charge >= 0.3 is 0 Å². The van der Waals surface area contributed by atoms with Crippen molar-refractivity contribution in [1.29, 1.82) is 0 Å². The minimum Gasteiger partial charge on any atom is -0.492 e. The predicted octanol–water partition coefficient (Wildman–Crippen LogP) is 2.48. The Hall–Kier alpha value is -1.60. The van der Waals surface area contributed by atoms with E-state index in [-0.39, 0.29) is 17.6 Å². The van der Waals surface area contributed by atoms with Gasteiger partial charge in [-0.15, -0.1) is 0 Å². The lowest BCUT2D eigenvalue weighted by atomic mass is 9.97. The lowest BCUT2D eigenvalue weighted by Gasteiger charge is -2.30. The second-order valence-electron chi connectivity index (χ2n) is 5.91. The number of nitrogens with zero attached hydrogens (tertiary/aromatic N) is 1. The summed E-state index contributed by atoms with van der Waals surface area (Å²) in [5, 5.41) is 2.91. The lowest BCUT2D eigenvalue weighted by molar-refractivity contribution is -0.120. The Labute approximate surface area is 144 Å². The molecule has 1 fully saturated rings. The lowest BCUT2D eigenvalue weighted by Crippen LogP contribution is -2.42. The third-order valence-electron chi connectivity index (χ3n) is 4.12. The molecule has 0 bridgehead atoms. The molecule has 1 aromatic rings. The number of rotatable bonds is 7. The van der Waals surface area contributed by atoms with Gasteiger partial charge in [0.05, 0.1) is 18.0 Å². The summed E-state index contributed by atoms with van der Waals surface area (Å²) in [5.41, 5.74) is 0.658. The van der Waals surface area contributed by atoms with Gasteiger partial charge in [-0.25, -0.2) is 12.7 Å². The van der Waals surface area contributed by atoms with Crippen molar-refractivity contribution in [3.63, 3.8) is 0 Å². The molecule has 7 heteroatoms. The molecule has 0 aromatic heterocycles. The first kappa shape index (κ1) is 18.7. The van der Waals surface area contributed by atoms with Crippen LogP contribution in [0.2, 0.25) is 0 Å². The topological polar surface area (TPSA) is 75.7 Å². The molecule has 24 heavy (non-hydrogen) atoms. The average molecular weight is 354 g/mol. The number of sulfonamides is 1. The Morgan fingerprint density at radius 3 is 2.54 bits per heavy atom. The smallest absolute Gasteiger partial charge is 0.227 e. The zero-order valence-corrected chi connectivity index (χ0v) is 15.1. The van der Waals surface area contributed by atoms with Crippen LogP contribution in [0.1, 0.15) is 33.1 Å². The van der Waals surface area contributed by atoms with Crippen LogP contribution in [0.15, 0.2) is 24.3 Å². The fourth-order valence-electron chi connectivity index (χ4n) is 2.87. The Balaban J connectivity index is 1.94. The van der Waals surface area contributed by atoms with E-state index in [1.165, 1.54) is 4.31 Å². The predicted molar refractivity (Wildman–Crippen MR) is 94.6 cm³/mol. The van der Waals surface area contributed by atoms with Gasteiger partial charge in [-0.3, -0.25) is 4.79 Å². The molecule has 1 aliphatic rings.